The lowest BCUT2D eigenvalue weighted by Gasteiger charge is -2.46. The Balaban J connectivity index is 6.22. The first-order valence-corrected chi connectivity index (χ1v) is 6.80. The molecule has 4 N–H and O–H groups in total. The first-order chi connectivity index (χ1) is 11.9. The van der Waals surface area contributed by atoms with Crippen molar-refractivity contribution in [2.24, 2.45) is 25.4 Å². The number of hydrogen-bond donors (Lipinski definition) is 4. The minimum absolute atomic E-state index is 0.713. The van der Waals surface area contributed by atoms with Gasteiger partial charge in [0.2, 0.25) is 24.3 Å². The molecule has 0 spiro atoms. The summed E-state index contributed by atoms with van der Waals surface area (Å²) in [6.45, 7) is -2.85. The maximum absolute atomic E-state index is 10.3. The average molecular weight is 356 g/mol. The molecule has 0 aromatic rings. The van der Waals surface area contributed by atoms with Crippen LogP contribution in [0, 0.1) is 5.41 Å². The van der Waals surface area contributed by atoms with Crippen molar-refractivity contribution in [3.05, 3.63) is 0 Å². The largest absolute Gasteiger partial charge is 0.390 e. The molecule has 0 rings (SSSR count). The van der Waals surface area contributed by atoms with Crippen LogP contribution in [-0.4, -0.2) is 95.3 Å². The van der Waals surface area contributed by atoms with Crippen LogP contribution in [0.3, 0.4) is 0 Å². The molecular weight excluding hydrogens is 340 g/mol. The van der Waals surface area contributed by atoms with Crippen LogP contribution in [0.4, 0.5) is 0 Å². The van der Waals surface area contributed by atoms with Crippen molar-refractivity contribution < 1.29 is 39.6 Å². The predicted molar refractivity (Wildman–Crippen MR) is 78.4 cm³/mol. The number of nitrogens with zero attached hydrogens (tertiary/aromatic N) is 4. The quantitative estimate of drug-likeness (QED) is 0.206. The molecule has 0 radical (unpaired) electrons. The highest BCUT2D eigenvalue weighted by atomic mass is 16.3. The fourth-order valence-corrected chi connectivity index (χ4v) is 2.46. The number of aliphatic hydroxyl groups excluding tert-OH is 4. The van der Waals surface area contributed by atoms with Gasteiger partial charge in [-0.2, -0.15) is 0 Å². The molecule has 0 aromatic carbocycles. The van der Waals surface area contributed by atoms with Gasteiger partial charge in [-0.15, -0.1) is 0 Å². The van der Waals surface area contributed by atoms with E-state index >= 15 is 0 Å². The Morgan fingerprint density at radius 1 is 0.560 bits per heavy atom. The fraction of sp³-hybridized carbons (Fsp3) is 0.692. The number of aliphatic hydroxyl groups is 4. The van der Waals surface area contributed by atoms with Crippen molar-refractivity contribution in [2.75, 3.05) is 26.2 Å². The number of hydrogen-bond acceptors (Lipinski definition) is 12. The fourth-order valence-electron chi connectivity index (χ4n) is 2.46. The Morgan fingerprint density at radius 3 is 0.920 bits per heavy atom. The van der Waals surface area contributed by atoms with Crippen LogP contribution in [-0.2, 0) is 19.2 Å². The number of isocyanates is 4. The van der Waals surface area contributed by atoms with Gasteiger partial charge < -0.3 is 20.4 Å². The summed E-state index contributed by atoms with van der Waals surface area (Å²) in [7, 11) is 0. The molecule has 4 unspecified atom stereocenters. The van der Waals surface area contributed by atoms with Crippen LogP contribution in [0.1, 0.15) is 0 Å². The summed E-state index contributed by atoms with van der Waals surface area (Å²) in [6.07, 6.45) is -3.04. The molecule has 0 aromatic heterocycles. The lowest BCUT2D eigenvalue weighted by Crippen LogP contribution is -2.64. The molecule has 25 heavy (non-hydrogen) atoms. The standard InChI is InChI=1S/C13H16N4O8/c18-5-14-1-9(22)13(10(23)2-15-6-19,11(24)3-16-7-20)12(25)4-17-8-21/h9-12,22-25H,1-4H2. The minimum Gasteiger partial charge on any atom is -0.390 e. The molecule has 0 bridgehead atoms. The van der Waals surface area contributed by atoms with E-state index in [0.29, 0.717) is 0 Å². The van der Waals surface area contributed by atoms with Crippen LogP contribution >= 0.6 is 0 Å². The number of aliphatic imine (C=N–C) groups is 4. The van der Waals surface area contributed by atoms with Gasteiger partial charge >= 0.3 is 0 Å². The van der Waals surface area contributed by atoms with Crippen LogP contribution < -0.4 is 0 Å². The number of rotatable bonds is 12. The van der Waals surface area contributed by atoms with Gasteiger partial charge in [-0.3, -0.25) is 0 Å². The van der Waals surface area contributed by atoms with E-state index in [2.05, 4.69) is 20.0 Å². The van der Waals surface area contributed by atoms with E-state index in [-0.39, 0.29) is 0 Å². The highest BCUT2D eigenvalue weighted by Gasteiger charge is 2.55. The maximum Gasteiger partial charge on any atom is 0.235 e. The smallest absolute Gasteiger partial charge is 0.235 e. The zero-order valence-electron chi connectivity index (χ0n) is 12.8. The SMILES string of the molecule is O=C=NCC(O)C(C(O)CN=C=O)(C(O)CN=C=O)C(O)CN=C=O. The molecule has 0 amide bonds. The molecule has 0 aliphatic rings. The summed E-state index contributed by atoms with van der Waals surface area (Å²) in [4.78, 5) is 53.5. The summed E-state index contributed by atoms with van der Waals surface area (Å²) in [6, 6.07) is 0. The first kappa shape index (κ1) is 22.4. The van der Waals surface area contributed by atoms with Gasteiger partial charge in [-0.25, -0.2) is 39.1 Å². The van der Waals surface area contributed by atoms with Crippen molar-refractivity contribution in [3.63, 3.8) is 0 Å². The molecule has 0 fully saturated rings. The third-order valence-corrected chi connectivity index (χ3v) is 3.62. The van der Waals surface area contributed by atoms with Crippen molar-refractivity contribution in [2.45, 2.75) is 24.4 Å². The van der Waals surface area contributed by atoms with E-state index in [1.54, 1.807) is 0 Å². The highest BCUT2D eigenvalue weighted by Crippen LogP contribution is 2.37. The second kappa shape index (κ2) is 11.8. The summed E-state index contributed by atoms with van der Waals surface area (Å²) >= 11 is 0. The van der Waals surface area contributed by atoms with Gasteiger partial charge in [0.25, 0.3) is 0 Å². The number of carbonyl (C=O) groups excluding carboxylic acids is 4. The average Bonchev–Trinajstić information content (AvgIpc) is 2.61. The monoisotopic (exact) mass is 356 g/mol. The summed E-state index contributed by atoms with van der Waals surface area (Å²) in [5, 5.41) is 41.3. The Morgan fingerprint density at radius 2 is 0.760 bits per heavy atom. The predicted octanol–water partition coefficient (Wildman–Crippen LogP) is -3.24. The van der Waals surface area contributed by atoms with Gasteiger partial charge in [0, 0.05) is 0 Å². The van der Waals surface area contributed by atoms with Crippen molar-refractivity contribution >= 4 is 24.3 Å². The summed E-state index contributed by atoms with van der Waals surface area (Å²) < 4.78 is 0. The zero-order valence-corrected chi connectivity index (χ0v) is 12.8. The Labute approximate surface area is 141 Å². The molecule has 136 valence electrons. The molecule has 12 nitrogen and oxygen atoms in total. The van der Waals surface area contributed by atoms with Crippen molar-refractivity contribution in [1.29, 1.82) is 0 Å². The second-order valence-electron chi connectivity index (χ2n) is 4.79. The third kappa shape index (κ3) is 5.74. The lowest BCUT2D eigenvalue weighted by molar-refractivity contribution is -0.182. The zero-order chi connectivity index (χ0) is 19.3. The van der Waals surface area contributed by atoms with E-state index < -0.39 is 56.0 Å². The minimum atomic E-state index is -2.33. The summed E-state index contributed by atoms with van der Waals surface area (Å²) in [5.41, 5.74) is -2.33. The van der Waals surface area contributed by atoms with Crippen LogP contribution in [0.15, 0.2) is 20.0 Å². The molecule has 12 heteroatoms. The van der Waals surface area contributed by atoms with E-state index in [9.17, 15) is 39.6 Å². The molecule has 0 saturated heterocycles. The topological polar surface area (TPSA) is 199 Å². The van der Waals surface area contributed by atoms with E-state index in [1.165, 1.54) is 0 Å². The van der Waals surface area contributed by atoms with E-state index in [1.807, 2.05) is 0 Å². The highest BCUT2D eigenvalue weighted by molar-refractivity contribution is 5.35. The van der Waals surface area contributed by atoms with Crippen LogP contribution in [0.2, 0.25) is 0 Å². The Hall–Kier alpha value is -2.64. The Kier molecular flexibility index (Phi) is 10.6. The van der Waals surface area contributed by atoms with Gasteiger partial charge in [-0.05, 0) is 0 Å². The molecule has 0 saturated carbocycles. The van der Waals surface area contributed by atoms with Gasteiger partial charge in [0.1, 0.15) is 0 Å². The van der Waals surface area contributed by atoms with Crippen molar-refractivity contribution in [1.82, 2.24) is 0 Å². The van der Waals surface area contributed by atoms with Crippen molar-refractivity contribution in [3.8, 4) is 0 Å². The van der Waals surface area contributed by atoms with Gasteiger partial charge in [0.05, 0.1) is 56.0 Å². The lowest BCUT2D eigenvalue weighted by atomic mass is 9.67. The van der Waals surface area contributed by atoms with Crippen LogP contribution in [0.5, 0.6) is 0 Å². The molecular formula is C13H16N4O8. The second-order valence-corrected chi connectivity index (χ2v) is 4.79. The van der Waals surface area contributed by atoms with Gasteiger partial charge in [0.15, 0.2) is 0 Å². The van der Waals surface area contributed by atoms with Gasteiger partial charge in [-0.1, -0.05) is 0 Å². The Bertz CT molecular complexity index is 506. The van der Waals surface area contributed by atoms with E-state index in [4.69, 9.17) is 0 Å². The summed E-state index contributed by atoms with van der Waals surface area (Å²) in [5.74, 6) is 0. The third-order valence-electron chi connectivity index (χ3n) is 3.62. The normalized spacial score (nSPS) is 17.1. The molecule has 0 heterocycles. The maximum atomic E-state index is 10.3. The molecule has 4 atom stereocenters. The van der Waals surface area contributed by atoms with E-state index in [0.717, 1.165) is 24.3 Å². The van der Waals surface area contributed by atoms with Crippen LogP contribution in [0.25, 0.3) is 0 Å². The molecule has 0 aliphatic carbocycles. The first-order valence-electron chi connectivity index (χ1n) is 6.80. The molecule has 0 aliphatic heterocycles.